The van der Waals surface area contributed by atoms with Crippen LogP contribution >= 0.6 is 0 Å². The number of methoxy groups -OCH3 is 1. The lowest BCUT2D eigenvalue weighted by Crippen LogP contribution is -2.16. The molecular weight excluding hydrogens is 316 g/mol. The number of aryl methyl sites for hydroxylation is 1. The minimum atomic E-state index is -0.112. The van der Waals surface area contributed by atoms with Crippen molar-refractivity contribution in [2.24, 2.45) is 0 Å². The molecule has 0 aliphatic heterocycles. The molecule has 6 nitrogen and oxygen atoms in total. The minimum Gasteiger partial charge on any atom is -0.496 e. The van der Waals surface area contributed by atoms with Crippen molar-refractivity contribution < 1.29 is 9.53 Å². The van der Waals surface area contributed by atoms with E-state index in [-0.39, 0.29) is 12.3 Å². The van der Waals surface area contributed by atoms with Gasteiger partial charge in [-0.2, -0.15) is 0 Å². The second-order valence-corrected chi connectivity index (χ2v) is 5.52. The van der Waals surface area contributed by atoms with Crippen LogP contribution < -0.4 is 10.1 Å². The van der Waals surface area contributed by atoms with Crippen molar-refractivity contribution >= 4 is 11.6 Å². The van der Waals surface area contributed by atoms with Gasteiger partial charge in [-0.1, -0.05) is 30.3 Å². The average molecular weight is 336 g/mol. The lowest BCUT2D eigenvalue weighted by atomic mass is 10.1. The molecule has 1 aromatic heterocycles. The molecule has 0 unspecified atom stereocenters. The van der Waals surface area contributed by atoms with E-state index < -0.39 is 0 Å². The first-order valence-electron chi connectivity index (χ1n) is 8.12. The topological polar surface area (TPSA) is 69.0 Å². The zero-order valence-electron chi connectivity index (χ0n) is 14.3. The third-order valence-corrected chi connectivity index (χ3v) is 3.94. The van der Waals surface area contributed by atoms with Gasteiger partial charge >= 0.3 is 0 Å². The lowest BCUT2D eigenvalue weighted by molar-refractivity contribution is -0.115. The van der Waals surface area contributed by atoms with Gasteiger partial charge in [0.1, 0.15) is 12.1 Å². The number of nitrogens with zero attached hydrogens (tertiary/aromatic N) is 3. The standard InChI is InChI=1S/C19H20N4O2/c1-3-23-13-20-22-19(23)15-9-5-6-10-16(15)21-18(24)12-14-8-4-7-11-17(14)25-2/h4-11,13H,3,12H2,1-2H3,(H,21,24). The maximum atomic E-state index is 12.5. The van der Waals surface area contributed by atoms with E-state index in [2.05, 4.69) is 15.5 Å². The molecule has 0 saturated carbocycles. The highest BCUT2D eigenvalue weighted by molar-refractivity contribution is 5.96. The van der Waals surface area contributed by atoms with Gasteiger partial charge in [-0.3, -0.25) is 4.79 Å². The first kappa shape index (κ1) is 16.7. The lowest BCUT2D eigenvalue weighted by Gasteiger charge is -2.12. The number of hydrogen-bond donors (Lipinski definition) is 1. The minimum absolute atomic E-state index is 0.112. The number of hydrogen-bond acceptors (Lipinski definition) is 4. The van der Waals surface area contributed by atoms with Crippen molar-refractivity contribution in [1.82, 2.24) is 14.8 Å². The van der Waals surface area contributed by atoms with Gasteiger partial charge in [0.05, 0.1) is 19.2 Å². The molecule has 1 amide bonds. The maximum absolute atomic E-state index is 12.5. The van der Waals surface area contributed by atoms with Crippen molar-refractivity contribution in [3.8, 4) is 17.1 Å². The van der Waals surface area contributed by atoms with Crippen molar-refractivity contribution in [2.75, 3.05) is 12.4 Å². The quantitative estimate of drug-likeness (QED) is 0.751. The van der Waals surface area contributed by atoms with Crippen LogP contribution in [0.15, 0.2) is 54.9 Å². The predicted molar refractivity (Wildman–Crippen MR) is 96.5 cm³/mol. The molecule has 25 heavy (non-hydrogen) atoms. The Morgan fingerprint density at radius 2 is 1.92 bits per heavy atom. The van der Waals surface area contributed by atoms with E-state index in [1.807, 2.05) is 60.0 Å². The first-order valence-corrected chi connectivity index (χ1v) is 8.12. The molecule has 0 bridgehead atoms. The van der Waals surface area contributed by atoms with Crippen LogP contribution in [0.3, 0.4) is 0 Å². The highest BCUT2D eigenvalue weighted by atomic mass is 16.5. The number of ether oxygens (including phenoxy) is 1. The van der Waals surface area contributed by atoms with Crippen molar-refractivity contribution in [3.05, 3.63) is 60.4 Å². The molecule has 0 aliphatic rings. The number of carbonyl (C=O) groups is 1. The van der Waals surface area contributed by atoms with Crippen LogP contribution in [0, 0.1) is 0 Å². The van der Waals surface area contributed by atoms with Crippen LogP contribution in [-0.2, 0) is 17.8 Å². The summed E-state index contributed by atoms with van der Waals surface area (Å²) >= 11 is 0. The SMILES string of the molecule is CCn1cnnc1-c1ccccc1NC(=O)Cc1ccccc1OC. The van der Waals surface area contributed by atoms with Crippen LogP contribution in [0.1, 0.15) is 12.5 Å². The maximum Gasteiger partial charge on any atom is 0.228 e. The molecule has 6 heteroatoms. The second-order valence-electron chi connectivity index (χ2n) is 5.52. The molecule has 0 saturated heterocycles. The van der Waals surface area contributed by atoms with E-state index in [4.69, 9.17) is 4.74 Å². The molecule has 3 aromatic rings. The number of anilines is 1. The number of nitrogens with one attached hydrogen (secondary N) is 1. The molecule has 1 heterocycles. The van der Waals surface area contributed by atoms with Gasteiger partial charge in [0.2, 0.25) is 5.91 Å². The highest BCUT2D eigenvalue weighted by Gasteiger charge is 2.14. The first-order chi connectivity index (χ1) is 12.2. The number of carbonyl (C=O) groups excluding carboxylic acids is 1. The van der Waals surface area contributed by atoms with Crippen LogP contribution in [0.2, 0.25) is 0 Å². The monoisotopic (exact) mass is 336 g/mol. The molecule has 3 rings (SSSR count). The van der Waals surface area contributed by atoms with Gasteiger partial charge in [0, 0.05) is 17.7 Å². The summed E-state index contributed by atoms with van der Waals surface area (Å²) in [4.78, 5) is 12.5. The molecule has 0 atom stereocenters. The zero-order chi connectivity index (χ0) is 17.6. The molecule has 0 spiro atoms. The summed E-state index contributed by atoms with van der Waals surface area (Å²) in [6.45, 7) is 2.78. The third kappa shape index (κ3) is 3.68. The number of aromatic nitrogens is 3. The normalized spacial score (nSPS) is 10.5. The summed E-state index contributed by atoms with van der Waals surface area (Å²) in [5.41, 5.74) is 2.40. The van der Waals surface area contributed by atoms with Gasteiger partial charge in [0.15, 0.2) is 5.82 Å². The van der Waals surface area contributed by atoms with Crippen LogP contribution in [0.5, 0.6) is 5.75 Å². The van der Waals surface area contributed by atoms with Crippen LogP contribution in [0.25, 0.3) is 11.4 Å². The summed E-state index contributed by atoms with van der Waals surface area (Å²) < 4.78 is 7.24. The van der Waals surface area contributed by atoms with Gasteiger partial charge in [-0.25, -0.2) is 0 Å². The Balaban J connectivity index is 1.83. The smallest absolute Gasteiger partial charge is 0.228 e. The van der Waals surface area contributed by atoms with Crippen LogP contribution in [0.4, 0.5) is 5.69 Å². The van der Waals surface area contributed by atoms with E-state index in [1.165, 1.54) is 0 Å². The largest absolute Gasteiger partial charge is 0.496 e. The Labute approximate surface area is 146 Å². The fourth-order valence-corrected chi connectivity index (χ4v) is 2.70. The Hall–Kier alpha value is -3.15. The number of benzene rings is 2. The highest BCUT2D eigenvalue weighted by Crippen LogP contribution is 2.26. The van der Waals surface area contributed by atoms with Gasteiger partial charge in [-0.15, -0.1) is 10.2 Å². The zero-order valence-corrected chi connectivity index (χ0v) is 14.3. The summed E-state index contributed by atoms with van der Waals surface area (Å²) in [6.07, 6.45) is 1.92. The summed E-state index contributed by atoms with van der Waals surface area (Å²) in [7, 11) is 1.60. The van der Waals surface area contributed by atoms with Gasteiger partial charge < -0.3 is 14.6 Å². The van der Waals surface area contributed by atoms with E-state index in [0.717, 1.165) is 23.5 Å². The summed E-state index contributed by atoms with van der Waals surface area (Å²) in [6, 6.07) is 15.1. The summed E-state index contributed by atoms with van der Waals surface area (Å²) in [5, 5.41) is 11.1. The number of rotatable bonds is 6. The Kier molecular flexibility index (Phi) is 5.09. The molecular formula is C19H20N4O2. The van der Waals surface area contributed by atoms with E-state index in [9.17, 15) is 4.79 Å². The molecule has 1 N–H and O–H groups in total. The molecule has 0 aliphatic carbocycles. The fraction of sp³-hybridized carbons (Fsp3) is 0.211. The Morgan fingerprint density at radius 3 is 2.72 bits per heavy atom. The Bertz CT molecular complexity index is 873. The molecule has 0 radical (unpaired) electrons. The summed E-state index contributed by atoms with van der Waals surface area (Å²) in [5.74, 6) is 1.33. The second kappa shape index (κ2) is 7.61. The number of amides is 1. The fourth-order valence-electron chi connectivity index (χ4n) is 2.70. The van der Waals surface area contributed by atoms with E-state index >= 15 is 0 Å². The third-order valence-electron chi connectivity index (χ3n) is 3.94. The number of para-hydroxylation sites is 2. The van der Waals surface area contributed by atoms with Crippen molar-refractivity contribution in [1.29, 1.82) is 0 Å². The predicted octanol–water partition coefficient (Wildman–Crippen LogP) is 3.15. The van der Waals surface area contributed by atoms with Gasteiger partial charge in [-0.05, 0) is 25.1 Å². The Morgan fingerprint density at radius 1 is 1.16 bits per heavy atom. The van der Waals surface area contributed by atoms with E-state index in [1.54, 1.807) is 13.4 Å². The molecule has 128 valence electrons. The molecule has 2 aromatic carbocycles. The van der Waals surface area contributed by atoms with E-state index in [0.29, 0.717) is 11.4 Å². The molecule has 0 fully saturated rings. The van der Waals surface area contributed by atoms with Crippen molar-refractivity contribution in [2.45, 2.75) is 19.9 Å². The van der Waals surface area contributed by atoms with Gasteiger partial charge in [0.25, 0.3) is 0 Å². The van der Waals surface area contributed by atoms with Crippen LogP contribution in [-0.4, -0.2) is 27.8 Å². The van der Waals surface area contributed by atoms with Crippen molar-refractivity contribution in [3.63, 3.8) is 0 Å². The average Bonchev–Trinajstić information content (AvgIpc) is 3.11.